The molecule has 0 aliphatic heterocycles. The second-order valence-corrected chi connectivity index (χ2v) is 8.16. The molecule has 24 heavy (non-hydrogen) atoms. The van der Waals surface area contributed by atoms with Crippen molar-refractivity contribution in [2.45, 2.75) is 0 Å². The third-order valence-corrected chi connectivity index (χ3v) is 5.57. The number of nitrogens with zero attached hydrogens (tertiary/aromatic N) is 1. The van der Waals surface area contributed by atoms with Crippen molar-refractivity contribution in [1.29, 1.82) is 0 Å². The Kier molecular flexibility index (Phi) is 5.65. The molecule has 128 valence electrons. The zero-order chi connectivity index (χ0) is 18.1. The highest BCUT2D eigenvalue weighted by Crippen LogP contribution is 2.31. The van der Waals surface area contributed by atoms with Crippen LogP contribution in [0.5, 0.6) is 0 Å². The van der Waals surface area contributed by atoms with Gasteiger partial charge in [-0.05, 0) is 30.3 Å². The van der Waals surface area contributed by atoms with E-state index in [1.165, 1.54) is 25.2 Å². The van der Waals surface area contributed by atoms with E-state index >= 15 is 0 Å². The zero-order valence-electron chi connectivity index (χ0n) is 12.7. The minimum Gasteiger partial charge on any atom is -0.321 e. The number of sulfonamides is 1. The maximum absolute atomic E-state index is 12.4. The Hall–Kier alpha value is -1.47. The Labute approximate surface area is 155 Å². The maximum atomic E-state index is 12.4. The Bertz CT molecular complexity index is 901. The van der Waals surface area contributed by atoms with Crippen molar-refractivity contribution < 1.29 is 13.2 Å². The molecular weight excluding hydrogens is 395 g/mol. The van der Waals surface area contributed by atoms with Crippen LogP contribution in [-0.2, 0) is 10.0 Å². The van der Waals surface area contributed by atoms with Crippen LogP contribution in [0.15, 0.2) is 36.4 Å². The standard InChI is InChI=1S/C15H13Cl3N2O3S/c1-20(24(2,22)23)13-8-9(6-7-10(13)16)15(21)19-12-5-3-4-11(17)14(12)18/h3-8H,1-2H3,(H,19,21). The molecule has 0 saturated carbocycles. The Morgan fingerprint density at radius 3 is 2.38 bits per heavy atom. The van der Waals surface area contributed by atoms with Crippen molar-refractivity contribution in [3.63, 3.8) is 0 Å². The first-order chi connectivity index (χ1) is 11.1. The van der Waals surface area contributed by atoms with E-state index < -0.39 is 15.9 Å². The average molecular weight is 408 g/mol. The van der Waals surface area contributed by atoms with Gasteiger partial charge in [-0.1, -0.05) is 40.9 Å². The summed E-state index contributed by atoms with van der Waals surface area (Å²) in [5.41, 5.74) is 0.770. The number of anilines is 2. The van der Waals surface area contributed by atoms with Gasteiger partial charge in [0.1, 0.15) is 0 Å². The number of benzene rings is 2. The number of carbonyl (C=O) groups excluding carboxylic acids is 1. The molecule has 1 amide bonds. The van der Waals surface area contributed by atoms with Crippen LogP contribution in [0.3, 0.4) is 0 Å². The van der Waals surface area contributed by atoms with E-state index in [0.717, 1.165) is 10.6 Å². The summed E-state index contributed by atoms with van der Waals surface area (Å²) in [7, 11) is -2.16. The summed E-state index contributed by atoms with van der Waals surface area (Å²) in [6.07, 6.45) is 1.04. The van der Waals surface area contributed by atoms with Crippen molar-refractivity contribution in [2.24, 2.45) is 0 Å². The van der Waals surface area contributed by atoms with Gasteiger partial charge < -0.3 is 5.32 Å². The minimum atomic E-state index is -3.51. The van der Waals surface area contributed by atoms with E-state index in [1.807, 2.05) is 0 Å². The highest BCUT2D eigenvalue weighted by atomic mass is 35.5. The van der Waals surface area contributed by atoms with Crippen LogP contribution in [0.1, 0.15) is 10.4 Å². The molecule has 2 aromatic rings. The van der Waals surface area contributed by atoms with Gasteiger partial charge in [-0.2, -0.15) is 0 Å². The zero-order valence-corrected chi connectivity index (χ0v) is 15.8. The molecule has 0 aliphatic carbocycles. The summed E-state index contributed by atoms with van der Waals surface area (Å²) < 4.78 is 24.3. The first-order valence-corrected chi connectivity index (χ1v) is 9.58. The van der Waals surface area contributed by atoms with Gasteiger partial charge >= 0.3 is 0 Å². The van der Waals surface area contributed by atoms with Gasteiger partial charge in [0.15, 0.2) is 0 Å². The number of carbonyl (C=O) groups is 1. The monoisotopic (exact) mass is 406 g/mol. The second-order valence-electron chi connectivity index (χ2n) is 4.95. The number of amides is 1. The predicted octanol–water partition coefficient (Wildman–Crippen LogP) is 4.29. The van der Waals surface area contributed by atoms with Crippen LogP contribution in [-0.4, -0.2) is 27.6 Å². The number of rotatable bonds is 4. The van der Waals surface area contributed by atoms with Gasteiger partial charge in [0.2, 0.25) is 10.0 Å². The van der Waals surface area contributed by atoms with Crippen LogP contribution in [0.2, 0.25) is 15.1 Å². The van der Waals surface area contributed by atoms with Gasteiger partial charge in [-0.25, -0.2) is 8.42 Å². The molecular formula is C15H13Cl3N2O3S. The largest absolute Gasteiger partial charge is 0.321 e. The lowest BCUT2D eigenvalue weighted by Gasteiger charge is -2.19. The highest BCUT2D eigenvalue weighted by molar-refractivity contribution is 7.92. The van der Waals surface area contributed by atoms with Crippen LogP contribution >= 0.6 is 34.8 Å². The summed E-state index contributed by atoms with van der Waals surface area (Å²) in [4.78, 5) is 12.4. The van der Waals surface area contributed by atoms with Gasteiger partial charge in [0, 0.05) is 12.6 Å². The van der Waals surface area contributed by atoms with Crippen LogP contribution < -0.4 is 9.62 Å². The van der Waals surface area contributed by atoms with Crippen LogP contribution in [0.25, 0.3) is 0 Å². The molecule has 2 rings (SSSR count). The molecule has 1 N–H and O–H groups in total. The van der Waals surface area contributed by atoms with Crippen LogP contribution in [0.4, 0.5) is 11.4 Å². The van der Waals surface area contributed by atoms with E-state index in [4.69, 9.17) is 34.8 Å². The molecule has 0 aromatic heterocycles. The lowest BCUT2D eigenvalue weighted by Crippen LogP contribution is -2.25. The number of nitrogens with one attached hydrogen (secondary N) is 1. The summed E-state index contributed by atoms with van der Waals surface area (Å²) in [6.45, 7) is 0. The number of halogens is 3. The Balaban J connectivity index is 2.36. The fourth-order valence-corrected chi connectivity index (χ4v) is 3.02. The highest BCUT2D eigenvalue weighted by Gasteiger charge is 2.18. The SMILES string of the molecule is CN(c1cc(C(=O)Nc2cccc(Cl)c2Cl)ccc1Cl)S(C)(=O)=O. The maximum Gasteiger partial charge on any atom is 0.255 e. The molecule has 0 radical (unpaired) electrons. The Morgan fingerprint density at radius 2 is 1.75 bits per heavy atom. The first kappa shape index (κ1) is 18.9. The van der Waals surface area contributed by atoms with Crippen molar-refractivity contribution in [3.05, 3.63) is 57.0 Å². The summed E-state index contributed by atoms with van der Waals surface area (Å²) >= 11 is 18.0. The summed E-state index contributed by atoms with van der Waals surface area (Å²) in [5, 5.41) is 3.36. The fraction of sp³-hybridized carbons (Fsp3) is 0.133. The molecule has 0 saturated heterocycles. The smallest absolute Gasteiger partial charge is 0.255 e. The van der Waals surface area contributed by atoms with Crippen molar-refractivity contribution >= 4 is 62.1 Å². The molecule has 0 spiro atoms. The Morgan fingerprint density at radius 1 is 1.08 bits per heavy atom. The lowest BCUT2D eigenvalue weighted by molar-refractivity contribution is 0.102. The topological polar surface area (TPSA) is 66.5 Å². The third-order valence-electron chi connectivity index (χ3n) is 3.24. The van der Waals surface area contributed by atoms with Crippen molar-refractivity contribution in [2.75, 3.05) is 22.9 Å². The summed E-state index contributed by atoms with van der Waals surface area (Å²) in [5.74, 6) is -0.473. The molecule has 0 aliphatic rings. The van der Waals surface area contributed by atoms with E-state index in [9.17, 15) is 13.2 Å². The molecule has 5 nitrogen and oxygen atoms in total. The van der Waals surface area contributed by atoms with Crippen molar-refractivity contribution in [1.82, 2.24) is 0 Å². The number of hydrogen-bond donors (Lipinski definition) is 1. The van der Waals surface area contributed by atoms with Gasteiger partial charge in [-0.15, -0.1) is 0 Å². The fourth-order valence-electron chi connectivity index (χ4n) is 1.87. The molecule has 0 bridgehead atoms. The van der Waals surface area contributed by atoms with Gasteiger partial charge in [0.25, 0.3) is 5.91 Å². The molecule has 0 heterocycles. The molecule has 0 unspecified atom stereocenters. The summed E-state index contributed by atoms with van der Waals surface area (Å²) in [6, 6.07) is 9.17. The average Bonchev–Trinajstić information content (AvgIpc) is 2.50. The van der Waals surface area contributed by atoms with Crippen LogP contribution in [0, 0.1) is 0 Å². The molecule has 0 atom stereocenters. The van der Waals surface area contributed by atoms with E-state index in [-0.39, 0.29) is 21.3 Å². The normalized spacial score (nSPS) is 11.2. The molecule has 2 aromatic carbocycles. The van der Waals surface area contributed by atoms with E-state index in [0.29, 0.717) is 10.7 Å². The van der Waals surface area contributed by atoms with Crippen molar-refractivity contribution in [3.8, 4) is 0 Å². The van der Waals surface area contributed by atoms with Gasteiger partial charge in [-0.3, -0.25) is 9.10 Å². The van der Waals surface area contributed by atoms with Gasteiger partial charge in [0.05, 0.1) is 32.7 Å². The first-order valence-electron chi connectivity index (χ1n) is 6.60. The molecule has 0 fully saturated rings. The third kappa shape index (κ3) is 4.13. The van der Waals surface area contributed by atoms with E-state index in [2.05, 4.69) is 5.32 Å². The minimum absolute atomic E-state index is 0.198. The molecule has 9 heteroatoms. The lowest BCUT2D eigenvalue weighted by atomic mass is 10.2. The predicted molar refractivity (Wildman–Crippen MR) is 99.1 cm³/mol. The van der Waals surface area contributed by atoms with E-state index in [1.54, 1.807) is 18.2 Å². The number of hydrogen-bond acceptors (Lipinski definition) is 3. The second kappa shape index (κ2) is 7.19. The quantitative estimate of drug-likeness (QED) is 0.822.